The summed E-state index contributed by atoms with van der Waals surface area (Å²) in [7, 11) is 0. The molecule has 3 rings (SSSR count). The Kier molecular flexibility index (Phi) is 1.43. The maximum absolute atomic E-state index is 5.77. The monoisotopic (exact) mass is 202 g/mol. The van der Waals surface area contributed by atoms with Crippen LogP contribution >= 0.6 is 11.3 Å². The molecule has 5 heteroatoms. The molecule has 0 aliphatic carbocycles. The maximum Gasteiger partial charge on any atom is 0.141 e. The first-order valence-corrected chi connectivity index (χ1v) is 4.90. The number of fused-ring (bicyclic) bond motifs is 3. The smallest absolute Gasteiger partial charge is 0.141 e. The number of pyridine rings is 1. The Labute approximate surface area is 83.4 Å². The molecule has 0 fully saturated rings. The lowest BCUT2D eigenvalue weighted by atomic mass is 10.2. The highest BCUT2D eigenvalue weighted by Gasteiger charge is 2.07. The van der Waals surface area contributed by atoms with Gasteiger partial charge in [-0.3, -0.25) is 0 Å². The number of nitrogens with zero attached hydrogens (tertiary/aromatic N) is 3. The highest BCUT2D eigenvalue weighted by molar-refractivity contribution is 7.26. The normalized spacial score (nSPS) is 11.1. The van der Waals surface area contributed by atoms with Gasteiger partial charge in [-0.05, 0) is 6.07 Å². The van der Waals surface area contributed by atoms with Gasteiger partial charge in [-0.1, -0.05) is 0 Å². The summed E-state index contributed by atoms with van der Waals surface area (Å²) >= 11 is 1.55. The van der Waals surface area contributed by atoms with E-state index >= 15 is 0 Å². The van der Waals surface area contributed by atoms with Crippen molar-refractivity contribution in [3.63, 3.8) is 0 Å². The van der Waals surface area contributed by atoms with Crippen LogP contribution < -0.4 is 5.73 Å². The first-order chi connectivity index (χ1) is 6.86. The first kappa shape index (κ1) is 7.64. The van der Waals surface area contributed by atoms with E-state index in [4.69, 9.17) is 5.73 Å². The molecular formula is C9H6N4S. The lowest BCUT2D eigenvalue weighted by Gasteiger charge is -1.92. The third-order valence-corrected chi connectivity index (χ3v) is 3.25. The van der Waals surface area contributed by atoms with Crippen LogP contribution in [0.25, 0.3) is 20.3 Å². The largest absolute Gasteiger partial charge is 0.383 e. The van der Waals surface area contributed by atoms with Gasteiger partial charge in [0.05, 0.1) is 4.70 Å². The van der Waals surface area contributed by atoms with Crippen molar-refractivity contribution in [1.82, 2.24) is 15.0 Å². The Morgan fingerprint density at radius 1 is 1.21 bits per heavy atom. The summed E-state index contributed by atoms with van der Waals surface area (Å²) in [6.07, 6.45) is 5.05. The van der Waals surface area contributed by atoms with Crippen LogP contribution in [0.4, 0.5) is 5.82 Å². The number of nitrogen functional groups attached to an aromatic ring is 1. The molecule has 0 spiro atoms. The fourth-order valence-electron chi connectivity index (χ4n) is 1.46. The molecule has 0 aromatic carbocycles. The highest BCUT2D eigenvalue weighted by Crippen LogP contribution is 2.33. The maximum atomic E-state index is 5.77. The van der Waals surface area contributed by atoms with Gasteiger partial charge in [0.1, 0.15) is 17.0 Å². The molecule has 0 saturated heterocycles. The molecule has 0 amide bonds. The summed E-state index contributed by atoms with van der Waals surface area (Å²) in [5.74, 6) is 0.561. The van der Waals surface area contributed by atoms with Crippen molar-refractivity contribution in [3.8, 4) is 0 Å². The minimum absolute atomic E-state index is 0.561. The number of aromatic nitrogens is 3. The number of hydrogen-bond donors (Lipinski definition) is 1. The Balaban J connectivity index is 2.63. The molecule has 0 radical (unpaired) electrons. The second kappa shape index (κ2) is 2.62. The van der Waals surface area contributed by atoms with Crippen LogP contribution in [0, 0.1) is 0 Å². The topological polar surface area (TPSA) is 64.7 Å². The zero-order valence-corrected chi connectivity index (χ0v) is 7.95. The molecule has 3 aromatic heterocycles. The van der Waals surface area contributed by atoms with E-state index in [1.807, 2.05) is 6.07 Å². The van der Waals surface area contributed by atoms with Gasteiger partial charge in [0.25, 0.3) is 0 Å². The number of nitrogens with two attached hydrogens (primary N) is 1. The van der Waals surface area contributed by atoms with Gasteiger partial charge in [-0.15, -0.1) is 11.3 Å². The van der Waals surface area contributed by atoms with Gasteiger partial charge in [-0.25, -0.2) is 15.0 Å². The van der Waals surface area contributed by atoms with E-state index in [0.717, 1.165) is 20.3 Å². The molecule has 0 bridgehead atoms. The average molecular weight is 202 g/mol. The van der Waals surface area contributed by atoms with E-state index in [-0.39, 0.29) is 0 Å². The highest BCUT2D eigenvalue weighted by atomic mass is 32.1. The molecule has 0 unspecified atom stereocenters. The first-order valence-electron chi connectivity index (χ1n) is 4.09. The Bertz CT molecular complexity index is 616. The number of rotatable bonds is 0. The average Bonchev–Trinajstić information content (AvgIpc) is 2.59. The van der Waals surface area contributed by atoms with Crippen molar-refractivity contribution < 1.29 is 0 Å². The van der Waals surface area contributed by atoms with Gasteiger partial charge in [0.2, 0.25) is 0 Å². The van der Waals surface area contributed by atoms with Crippen LogP contribution in [0.2, 0.25) is 0 Å². The lowest BCUT2D eigenvalue weighted by Crippen LogP contribution is -1.87. The van der Waals surface area contributed by atoms with Crippen molar-refractivity contribution >= 4 is 37.5 Å². The molecule has 0 aliphatic rings. The Morgan fingerprint density at radius 3 is 3.07 bits per heavy atom. The quantitative estimate of drug-likeness (QED) is 0.604. The molecule has 14 heavy (non-hydrogen) atoms. The van der Waals surface area contributed by atoms with Crippen LogP contribution in [-0.2, 0) is 0 Å². The van der Waals surface area contributed by atoms with E-state index in [2.05, 4.69) is 15.0 Å². The minimum atomic E-state index is 0.561. The van der Waals surface area contributed by atoms with E-state index < -0.39 is 0 Å². The Hall–Kier alpha value is -1.75. The Morgan fingerprint density at radius 2 is 2.14 bits per heavy atom. The van der Waals surface area contributed by atoms with Crippen LogP contribution in [0.3, 0.4) is 0 Å². The number of hydrogen-bond acceptors (Lipinski definition) is 5. The lowest BCUT2D eigenvalue weighted by molar-refractivity contribution is 1.24. The zero-order chi connectivity index (χ0) is 9.54. The summed E-state index contributed by atoms with van der Waals surface area (Å²) in [6.45, 7) is 0. The summed E-state index contributed by atoms with van der Waals surface area (Å²) in [5, 5.41) is 2.12. The third kappa shape index (κ3) is 0.898. The van der Waals surface area contributed by atoms with Gasteiger partial charge in [0, 0.05) is 23.2 Å². The second-order valence-electron chi connectivity index (χ2n) is 2.92. The van der Waals surface area contributed by atoms with Gasteiger partial charge >= 0.3 is 0 Å². The number of thiophene rings is 1. The molecular weight excluding hydrogens is 196 g/mol. The summed E-state index contributed by atoms with van der Waals surface area (Å²) < 4.78 is 0.989. The molecule has 2 N–H and O–H groups in total. The standard InChI is InChI=1S/C9H6N4S/c10-8-7-5(1-2-12-8)6-3-11-4-13-9(6)14-7/h1-4H,(H2,10,12). The van der Waals surface area contributed by atoms with E-state index in [1.54, 1.807) is 30.1 Å². The zero-order valence-electron chi connectivity index (χ0n) is 7.14. The van der Waals surface area contributed by atoms with Gasteiger partial charge in [0.15, 0.2) is 0 Å². The third-order valence-electron chi connectivity index (χ3n) is 2.10. The molecule has 0 saturated carbocycles. The van der Waals surface area contributed by atoms with Gasteiger partial charge in [-0.2, -0.15) is 0 Å². The van der Waals surface area contributed by atoms with Crippen LogP contribution in [-0.4, -0.2) is 15.0 Å². The summed E-state index contributed by atoms with van der Waals surface area (Å²) in [5.41, 5.74) is 5.77. The SMILES string of the molecule is Nc1nccc2c1sc1ncncc12. The van der Waals surface area contributed by atoms with Crippen molar-refractivity contribution in [2.75, 3.05) is 5.73 Å². The molecule has 3 aromatic rings. The summed E-state index contributed by atoms with van der Waals surface area (Å²) in [4.78, 5) is 13.2. The van der Waals surface area contributed by atoms with Gasteiger partial charge < -0.3 is 5.73 Å². The molecule has 3 heterocycles. The number of anilines is 1. The van der Waals surface area contributed by atoms with Crippen LogP contribution in [0.1, 0.15) is 0 Å². The molecule has 4 nitrogen and oxygen atoms in total. The van der Waals surface area contributed by atoms with E-state index in [0.29, 0.717) is 5.82 Å². The van der Waals surface area contributed by atoms with Crippen molar-refractivity contribution in [1.29, 1.82) is 0 Å². The van der Waals surface area contributed by atoms with Crippen molar-refractivity contribution in [2.45, 2.75) is 0 Å². The van der Waals surface area contributed by atoms with Crippen molar-refractivity contribution in [2.24, 2.45) is 0 Å². The second-order valence-corrected chi connectivity index (χ2v) is 3.92. The predicted octanol–water partition coefficient (Wildman–Crippen LogP) is 1.82. The predicted molar refractivity (Wildman–Crippen MR) is 57.1 cm³/mol. The molecule has 68 valence electrons. The fourth-order valence-corrected chi connectivity index (χ4v) is 2.48. The fraction of sp³-hybridized carbons (Fsp3) is 0. The van der Waals surface area contributed by atoms with Crippen LogP contribution in [0.5, 0.6) is 0 Å². The van der Waals surface area contributed by atoms with E-state index in [9.17, 15) is 0 Å². The molecule has 0 aliphatic heterocycles. The minimum Gasteiger partial charge on any atom is -0.383 e. The van der Waals surface area contributed by atoms with Crippen molar-refractivity contribution in [3.05, 3.63) is 24.8 Å². The molecule has 0 atom stereocenters. The van der Waals surface area contributed by atoms with E-state index in [1.165, 1.54) is 0 Å². The summed E-state index contributed by atoms with van der Waals surface area (Å²) in [6, 6.07) is 1.94. The van der Waals surface area contributed by atoms with Crippen LogP contribution in [0.15, 0.2) is 24.8 Å².